The Kier molecular flexibility index (Phi) is 6.35. The number of amides is 3. The van der Waals surface area contributed by atoms with Crippen molar-refractivity contribution in [1.82, 2.24) is 19.7 Å². The molecule has 0 saturated carbocycles. The summed E-state index contributed by atoms with van der Waals surface area (Å²) in [5.74, 6) is -0.167. The zero-order valence-corrected chi connectivity index (χ0v) is 15.4. The number of benzene rings is 1. The van der Waals surface area contributed by atoms with Crippen molar-refractivity contribution in [3.05, 3.63) is 35.9 Å². The molecule has 3 rings (SSSR count). The average Bonchev–Trinajstić information content (AvgIpc) is 2.93. The number of rotatable bonds is 7. The monoisotopic (exact) mass is 357 g/mol. The number of urea groups is 1. The lowest BCUT2D eigenvalue weighted by atomic mass is 10.2. The van der Waals surface area contributed by atoms with E-state index in [1.54, 1.807) is 6.21 Å². The van der Waals surface area contributed by atoms with Gasteiger partial charge in [-0.05, 0) is 32.0 Å². The molecule has 2 fully saturated rings. The summed E-state index contributed by atoms with van der Waals surface area (Å²) < 4.78 is 0. The van der Waals surface area contributed by atoms with Crippen molar-refractivity contribution in [2.24, 2.45) is 5.10 Å². The standard InChI is InChI=1S/C19H27N5O2/c1-21-11-13-22(14-12-21)9-5-6-10-23-18(25)16-24(19(23)26)20-15-17-7-3-2-4-8-17/h2-4,7-8,15H,5-6,9-14,16H2,1H3. The second-order valence-corrected chi connectivity index (χ2v) is 6.89. The number of unbranched alkanes of at least 4 members (excludes halogenated alkanes) is 1. The lowest BCUT2D eigenvalue weighted by Crippen LogP contribution is -2.44. The molecule has 0 unspecified atom stereocenters. The number of hydrazone groups is 1. The van der Waals surface area contributed by atoms with Crippen molar-refractivity contribution < 1.29 is 9.59 Å². The Labute approximate surface area is 154 Å². The van der Waals surface area contributed by atoms with Crippen molar-refractivity contribution in [2.45, 2.75) is 12.8 Å². The van der Waals surface area contributed by atoms with Gasteiger partial charge in [-0.2, -0.15) is 5.10 Å². The van der Waals surface area contributed by atoms with Gasteiger partial charge >= 0.3 is 6.03 Å². The normalized spacial score (nSPS) is 19.9. The fraction of sp³-hybridized carbons (Fsp3) is 0.526. The van der Waals surface area contributed by atoms with E-state index in [4.69, 9.17) is 0 Å². The first-order valence-corrected chi connectivity index (χ1v) is 9.25. The van der Waals surface area contributed by atoms with Gasteiger partial charge in [0.05, 0.1) is 6.21 Å². The van der Waals surface area contributed by atoms with Crippen LogP contribution in [0.2, 0.25) is 0 Å². The van der Waals surface area contributed by atoms with E-state index in [0.29, 0.717) is 6.54 Å². The largest absolute Gasteiger partial charge is 0.347 e. The first-order valence-electron chi connectivity index (χ1n) is 9.25. The zero-order valence-electron chi connectivity index (χ0n) is 15.4. The number of imide groups is 1. The summed E-state index contributed by atoms with van der Waals surface area (Å²) >= 11 is 0. The van der Waals surface area contributed by atoms with E-state index in [2.05, 4.69) is 21.9 Å². The van der Waals surface area contributed by atoms with E-state index in [0.717, 1.165) is 51.1 Å². The van der Waals surface area contributed by atoms with Crippen LogP contribution >= 0.6 is 0 Å². The second-order valence-electron chi connectivity index (χ2n) is 6.89. The van der Waals surface area contributed by atoms with Crippen LogP contribution in [-0.2, 0) is 4.79 Å². The van der Waals surface area contributed by atoms with Gasteiger partial charge < -0.3 is 9.80 Å². The highest BCUT2D eigenvalue weighted by Crippen LogP contribution is 2.12. The van der Waals surface area contributed by atoms with Gasteiger partial charge in [0.2, 0.25) is 0 Å². The zero-order chi connectivity index (χ0) is 18.4. The van der Waals surface area contributed by atoms with Crippen molar-refractivity contribution in [2.75, 3.05) is 52.9 Å². The highest BCUT2D eigenvalue weighted by atomic mass is 16.2. The summed E-state index contributed by atoms with van der Waals surface area (Å²) in [5, 5.41) is 5.41. The molecule has 0 atom stereocenters. The minimum absolute atomic E-state index is 0.0284. The molecule has 1 aromatic rings. The Morgan fingerprint density at radius 3 is 2.42 bits per heavy atom. The number of likely N-dealkylation sites (N-methyl/N-ethyl adjacent to an activating group) is 1. The van der Waals surface area contributed by atoms with E-state index in [9.17, 15) is 9.59 Å². The van der Waals surface area contributed by atoms with Crippen LogP contribution in [-0.4, -0.2) is 90.7 Å². The molecule has 0 radical (unpaired) electrons. The molecule has 1 aromatic carbocycles. The highest BCUT2D eigenvalue weighted by Gasteiger charge is 2.35. The number of hydrogen-bond donors (Lipinski definition) is 0. The smallest absolute Gasteiger partial charge is 0.304 e. The molecule has 0 aliphatic carbocycles. The third-order valence-corrected chi connectivity index (χ3v) is 4.89. The second kappa shape index (κ2) is 8.91. The number of carbonyl (C=O) groups is 2. The Morgan fingerprint density at radius 2 is 1.69 bits per heavy atom. The molecule has 0 bridgehead atoms. The molecule has 0 aromatic heterocycles. The third-order valence-electron chi connectivity index (χ3n) is 4.89. The van der Waals surface area contributed by atoms with E-state index in [1.165, 1.54) is 9.91 Å². The molecular formula is C19H27N5O2. The fourth-order valence-corrected chi connectivity index (χ4v) is 3.19. The highest BCUT2D eigenvalue weighted by molar-refractivity contribution is 6.02. The number of hydrogen-bond acceptors (Lipinski definition) is 5. The molecule has 0 spiro atoms. The van der Waals surface area contributed by atoms with Crippen LogP contribution < -0.4 is 0 Å². The summed E-state index contributed by atoms with van der Waals surface area (Å²) in [7, 11) is 2.15. The first kappa shape index (κ1) is 18.5. The molecule has 2 aliphatic heterocycles. The molecule has 2 saturated heterocycles. The number of nitrogens with zero attached hydrogens (tertiary/aromatic N) is 5. The molecule has 3 amide bonds. The number of piperazine rings is 1. The first-order chi connectivity index (χ1) is 12.6. The molecule has 2 heterocycles. The maximum absolute atomic E-state index is 12.4. The van der Waals surface area contributed by atoms with Crippen molar-refractivity contribution >= 4 is 18.2 Å². The molecule has 7 heteroatoms. The van der Waals surface area contributed by atoms with Gasteiger partial charge in [0.25, 0.3) is 5.91 Å². The van der Waals surface area contributed by atoms with Gasteiger partial charge in [-0.15, -0.1) is 0 Å². The third kappa shape index (κ3) is 4.89. The summed E-state index contributed by atoms with van der Waals surface area (Å²) in [6.45, 7) is 5.94. The van der Waals surface area contributed by atoms with Crippen LogP contribution in [0.3, 0.4) is 0 Å². The van der Waals surface area contributed by atoms with Crippen LogP contribution in [0.5, 0.6) is 0 Å². The minimum atomic E-state index is -0.318. The van der Waals surface area contributed by atoms with E-state index >= 15 is 0 Å². The summed E-state index contributed by atoms with van der Waals surface area (Å²) in [5.41, 5.74) is 0.901. The topological polar surface area (TPSA) is 59.5 Å². The quantitative estimate of drug-likeness (QED) is 0.419. The Hall–Kier alpha value is -2.25. The molecular weight excluding hydrogens is 330 g/mol. The maximum Gasteiger partial charge on any atom is 0.347 e. The van der Waals surface area contributed by atoms with Crippen molar-refractivity contribution in [3.8, 4) is 0 Å². The van der Waals surface area contributed by atoms with Gasteiger partial charge in [-0.3, -0.25) is 9.69 Å². The molecule has 140 valence electrons. The van der Waals surface area contributed by atoms with E-state index < -0.39 is 0 Å². The lowest BCUT2D eigenvalue weighted by Gasteiger charge is -2.32. The van der Waals surface area contributed by atoms with E-state index in [1.807, 2.05) is 30.3 Å². The predicted octanol–water partition coefficient (Wildman–Crippen LogP) is 1.31. The Morgan fingerprint density at radius 1 is 1.00 bits per heavy atom. The van der Waals surface area contributed by atoms with Crippen LogP contribution in [0.15, 0.2) is 35.4 Å². The SMILES string of the molecule is CN1CCN(CCCCN2C(=O)CN(N=Cc3ccccc3)C2=O)CC1. The molecule has 26 heavy (non-hydrogen) atoms. The van der Waals surface area contributed by atoms with Gasteiger partial charge in [0.1, 0.15) is 6.54 Å². The fourth-order valence-electron chi connectivity index (χ4n) is 3.19. The van der Waals surface area contributed by atoms with Gasteiger partial charge in [-0.1, -0.05) is 30.3 Å². The predicted molar refractivity (Wildman–Crippen MR) is 101 cm³/mol. The van der Waals surface area contributed by atoms with Gasteiger partial charge in [0.15, 0.2) is 0 Å². The molecule has 0 N–H and O–H groups in total. The van der Waals surface area contributed by atoms with Crippen LogP contribution in [0.4, 0.5) is 4.79 Å². The Balaban J connectivity index is 1.42. The number of carbonyl (C=O) groups excluding carboxylic acids is 2. The van der Waals surface area contributed by atoms with Crippen LogP contribution in [0, 0.1) is 0 Å². The minimum Gasteiger partial charge on any atom is -0.304 e. The summed E-state index contributed by atoms with van der Waals surface area (Å²) in [6.07, 6.45) is 3.44. The lowest BCUT2D eigenvalue weighted by molar-refractivity contribution is -0.125. The average molecular weight is 357 g/mol. The van der Waals surface area contributed by atoms with Crippen LogP contribution in [0.25, 0.3) is 0 Å². The van der Waals surface area contributed by atoms with Gasteiger partial charge in [-0.25, -0.2) is 9.80 Å². The summed E-state index contributed by atoms with van der Waals surface area (Å²) in [6, 6.07) is 9.23. The summed E-state index contributed by atoms with van der Waals surface area (Å²) in [4.78, 5) is 30.6. The van der Waals surface area contributed by atoms with Crippen molar-refractivity contribution in [3.63, 3.8) is 0 Å². The Bertz CT molecular complexity index is 641. The van der Waals surface area contributed by atoms with E-state index in [-0.39, 0.29) is 18.5 Å². The van der Waals surface area contributed by atoms with Crippen molar-refractivity contribution in [1.29, 1.82) is 0 Å². The maximum atomic E-state index is 12.4. The molecule has 2 aliphatic rings. The van der Waals surface area contributed by atoms with Gasteiger partial charge in [0, 0.05) is 32.7 Å². The molecule has 7 nitrogen and oxygen atoms in total. The van der Waals surface area contributed by atoms with Crippen LogP contribution in [0.1, 0.15) is 18.4 Å².